The molecule has 0 saturated carbocycles. The number of fused-ring (bicyclic) bond motifs is 2. The number of benzene rings is 2. The van der Waals surface area contributed by atoms with Gasteiger partial charge in [-0.1, -0.05) is 36.4 Å². The molecule has 4 rings (SSSR count). The Morgan fingerprint density at radius 2 is 2.04 bits per heavy atom. The van der Waals surface area contributed by atoms with Gasteiger partial charge in [0.15, 0.2) is 0 Å². The Bertz CT molecular complexity index is 969. The highest BCUT2D eigenvalue weighted by atomic mass is 35.5. The summed E-state index contributed by atoms with van der Waals surface area (Å²) in [4.78, 5) is 11.7. The van der Waals surface area contributed by atoms with E-state index in [0.29, 0.717) is 19.0 Å². The van der Waals surface area contributed by atoms with Crippen LogP contribution >= 0.6 is 12.4 Å². The van der Waals surface area contributed by atoms with Gasteiger partial charge >= 0.3 is 0 Å². The summed E-state index contributed by atoms with van der Waals surface area (Å²) in [6.07, 6.45) is 4.98. The molecule has 1 aromatic heterocycles. The maximum atomic E-state index is 11.7. The van der Waals surface area contributed by atoms with E-state index >= 15 is 0 Å². The van der Waals surface area contributed by atoms with Gasteiger partial charge in [0.25, 0.3) is 0 Å². The maximum Gasteiger partial charge on any atom is 0.244 e. The van der Waals surface area contributed by atoms with E-state index in [1.54, 1.807) is 6.20 Å². The third-order valence-corrected chi connectivity index (χ3v) is 5.45. The number of halogens is 1. The summed E-state index contributed by atoms with van der Waals surface area (Å²) >= 11 is 0. The van der Waals surface area contributed by atoms with Crippen molar-refractivity contribution in [3.05, 3.63) is 65.4 Å². The van der Waals surface area contributed by atoms with Crippen molar-refractivity contribution in [1.29, 1.82) is 0 Å². The average Bonchev–Trinajstić information content (AvgIpc) is 3.12. The van der Waals surface area contributed by atoms with Gasteiger partial charge in [-0.05, 0) is 42.0 Å². The number of hydrogen-bond donors (Lipinski definition) is 2. The van der Waals surface area contributed by atoms with Gasteiger partial charge in [0.1, 0.15) is 0 Å². The van der Waals surface area contributed by atoms with Crippen LogP contribution in [0.15, 0.2) is 48.7 Å². The number of aliphatic hydroxyl groups is 1. The Labute approximate surface area is 171 Å². The van der Waals surface area contributed by atoms with Gasteiger partial charge in [-0.15, -0.1) is 12.4 Å². The van der Waals surface area contributed by atoms with Crippen LogP contribution in [0.4, 0.5) is 0 Å². The van der Waals surface area contributed by atoms with Gasteiger partial charge in [-0.3, -0.25) is 4.79 Å². The normalized spacial score (nSPS) is 17.0. The zero-order valence-electron chi connectivity index (χ0n) is 16.0. The molecule has 0 saturated heterocycles. The smallest absolute Gasteiger partial charge is 0.244 e. The SMILES string of the molecule is CC(=O)n1ncc2c(CC(O)CNC3CCc4ccccc4C3)cccc21.Cl. The topological polar surface area (TPSA) is 67.2 Å². The van der Waals surface area contributed by atoms with Gasteiger partial charge < -0.3 is 10.4 Å². The Morgan fingerprint density at radius 1 is 1.25 bits per heavy atom. The lowest BCUT2D eigenvalue weighted by Gasteiger charge is -2.26. The summed E-state index contributed by atoms with van der Waals surface area (Å²) in [5.74, 6) is -0.109. The van der Waals surface area contributed by atoms with E-state index in [0.717, 1.165) is 35.7 Å². The highest BCUT2D eigenvalue weighted by molar-refractivity contribution is 5.91. The molecular weight excluding hydrogens is 374 g/mol. The molecule has 0 aliphatic heterocycles. The third kappa shape index (κ3) is 4.27. The number of carbonyl (C=O) groups excluding carboxylic acids is 1. The van der Waals surface area contributed by atoms with Gasteiger partial charge in [0.05, 0.1) is 17.8 Å². The number of rotatable bonds is 5. The first kappa shape index (κ1) is 20.5. The Kier molecular flexibility index (Phi) is 6.50. The zero-order chi connectivity index (χ0) is 18.8. The van der Waals surface area contributed by atoms with E-state index in [9.17, 15) is 9.90 Å². The van der Waals surface area contributed by atoms with Crippen LogP contribution < -0.4 is 5.32 Å². The predicted octanol–water partition coefficient (Wildman–Crippen LogP) is 3.17. The number of nitrogens with zero attached hydrogens (tertiary/aromatic N) is 2. The predicted molar refractivity (Wildman–Crippen MR) is 113 cm³/mol. The molecule has 1 heterocycles. The molecule has 0 fully saturated rings. The number of nitrogens with one attached hydrogen (secondary N) is 1. The van der Waals surface area contributed by atoms with Crippen molar-refractivity contribution < 1.29 is 9.90 Å². The molecule has 6 heteroatoms. The van der Waals surface area contributed by atoms with Crippen molar-refractivity contribution in [2.75, 3.05) is 6.54 Å². The number of hydrogen-bond acceptors (Lipinski definition) is 4. The molecule has 0 radical (unpaired) electrons. The second-order valence-corrected chi connectivity index (χ2v) is 7.40. The van der Waals surface area contributed by atoms with Crippen LogP contribution in [0.1, 0.15) is 34.8 Å². The van der Waals surface area contributed by atoms with Crippen LogP contribution in [0.5, 0.6) is 0 Å². The fourth-order valence-electron chi connectivity index (χ4n) is 4.04. The minimum Gasteiger partial charge on any atom is -0.391 e. The molecule has 2 atom stereocenters. The van der Waals surface area contributed by atoms with Crippen LogP contribution in [-0.2, 0) is 19.3 Å². The van der Waals surface area contributed by atoms with Gasteiger partial charge in [0, 0.05) is 31.3 Å². The van der Waals surface area contributed by atoms with Crippen LogP contribution in [-0.4, -0.2) is 39.5 Å². The Balaban J connectivity index is 0.00000225. The molecule has 0 spiro atoms. The summed E-state index contributed by atoms with van der Waals surface area (Å²) in [7, 11) is 0. The molecule has 5 nitrogen and oxygen atoms in total. The van der Waals surface area contributed by atoms with E-state index in [4.69, 9.17) is 0 Å². The molecule has 28 heavy (non-hydrogen) atoms. The molecule has 148 valence electrons. The van der Waals surface area contributed by atoms with E-state index in [1.165, 1.54) is 22.7 Å². The maximum absolute atomic E-state index is 11.7. The summed E-state index contributed by atoms with van der Waals surface area (Å²) in [6.45, 7) is 2.06. The third-order valence-electron chi connectivity index (χ3n) is 5.45. The van der Waals surface area contributed by atoms with Crippen molar-refractivity contribution in [3.8, 4) is 0 Å². The largest absolute Gasteiger partial charge is 0.391 e. The summed E-state index contributed by atoms with van der Waals surface area (Å²) in [5, 5.41) is 19.2. The minimum absolute atomic E-state index is 0. The van der Waals surface area contributed by atoms with Crippen molar-refractivity contribution in [2.24, 2.45) is 0 Å². The van der Waals surface area contributed by atoms with E-state index in [-0.39, 0.29) is 18.3 Å². The van der Waals surface area contributed by atoms with Crippen molar-refractivity contribution in [2.45, 2.75) is 44.8 Å². The second-order valence-electron chi connectivity index (χ2n) is 7.40. The second kappa shape index (κ2) is 8.86. The van der Waals surface area contributed by atoms with Crippen LogP contribution in [0, 0.1) is 0 Å². The lowest BCUT2D eigenvalue weighted by molar-refractivity contribution is 0.0927. The lowest BCUT2D eigenvalue weighted by atomic mass is 9.88. The van der Waals surface area contributed by atoms with E-state index < -0.39 is 6.10 Å². The first-order valence-corrected chi connectivity index (χ1v) is 9.56. The van der Waals surface area contributed by atoms with Crippen LogP contribution in [0.3, 0.4) is 0 Å². The highest BCUT2D eigenvalue weighted by Gasteiger charge is 2.19. The highest BCUT2D eigenvalue weighted by Crippen LogP contribution is 2.22. The number of carbonyl (C=O) groups is 1. The molecule has 2 N–H and O–H groups in total. The number of aryl methyl sites for hydroxylation is 1. The number of aliphatic hydroxyl groups excluding tert-OH is 1. The number of aromatic nitrogens is 2. The van der Waals surface area contributed by atoms with E-state index in [2.05, 4.69) is 34.7 Å². The molecule has 1 aliphatic carbocycles. The first-order chi connectivity index (χ1) is 13.1. The van der Waals surface area contributed by atoms with Crippen molar-refractivity contribution in [1.82, 2.24) is 15.1 Å². The van der Waals surface area contributed by atoms with E-state index in [1.807, 2.05) is 18.2 Å². The van der Waals surface area contributed by atoms with Gasteiger partial charge in [-0.2, -0.15) is 5.10 Å². The first-order valence-electron chi connectivity index (χ1n) is 9.56. The molecule has 0 amide bonds. The standard InChI is InChI=1S/C22H25N3O2.ClH/c1-15(26)25-22-8-4-7-18(21(22)14-24-25)12-20(27)13-23-19-10-9-16-5-2-3-6-17(16)11-19;/h2-8,14,19-20,23,27H,9-13H2,1H3;1H. The quantitative estimate of drug-likeness (QED) is 0.691. The fraction of sp³-hybridized carbons (Fsp3) is 0.364. The minimum atomic E-state index is -0.478. The fourth-order valence-corrected chi connectivity index (χ4v) is 4.04. The van der Waals surface area contributed by atoms with Crippen LogP contribution in [0.2, 0.25) is 0 Å². The van der Waals surface area contributed by atoms with Crippen LogP contribution in [0.25, 0.3) is 10.9 Å². The summed E-state index contributed by atoms with van der Waals surface area (Å²) in [6, 6.07) is 14.8. The average molecular weight is 400 g/mol. The molecular formula is C22H26ClN3O2. The van der Waals surface area contributed by atoms with Gasteiger partial charge in [-0.25, -0.2) is 4.68 Å². The zero-order valence-corrected chi connectivity index (χ0v) is 16.8. The molecule has 3 aromatic rings. The Hall–Kier alpha value is -2.21. The Morgan fingerprint density at radius 3 is 2.82 bits per heavy atom. The summed E-state index contributed by atoms with van der Waals surface area (Å²) in [5.41, 5.74) is 4.68. The molecule has 0 bridgehead atoms. The van der Waals surface area contributed by atoms with Crippen molar-refractivity contribution >= 4 is 29.2 Å². The van der Waals surface area contributed by atoms with Crippen molar-refractivity contribution in [3.63, 3.8) is 0 Å². The monoisotopic (exact) mass is 399 g/mol. The van der Waals surface area contributed by atoms with Gasteiger partial charge in [0.2, 0.25) is 5.91 Å². The molecule has 1 aliphatic rings. The summed E-state index contributed by atoms with van der Waals surface area (Å²) < 4.78 is 1.41. The molecule has 2 aromatic carbocycles. The molecule has 2 unspecified atom stereocenters. The lowest BCUT2D eigenvalue weighted by Crippen LogP contribution is -2.39.